The molecule has 4 heteroatoms. The molecule has 154 valence electrons. The lowest BCUT2D eigenvalue weighted by Crippen LogP contribution is -2.41. The SMILES string of the molecule is CC1(C)OB(c2cnc3ccc(-c4ccc(-c5ccccc5)cc4)cc3c2)OC1(C)C. The highest BCUT2D eigenvalue weighted by atomic mass is 16.7. The van der Waals surface area contributed by atoms with Gasteiger partial charge in [0.15, 0.2) is 0 Å². The second-order valence-electron chi connectivity index (χ2n) is 9.21. The largest absolute Gasteiger partial charge is 0.496 e. The first kappa shape index (κ1) is 20.0. The Kier molecular flexibility index (Phi) is 4.73. The third-order valence-corrected chi connectivity index (χ3v) is 6.55. The summed E-state index contributed by atoms with van der Waals surface area (Å²) in [6.45, 7) is 8.27. The Morgan fingerprint density at radius 2 is 1.19 bits per heavy atom. The van der Waals surface area contributed by atoms with Crippen LogP contribution in [0.4, 0.5) is 0 Å². The Morgan fingerprint density at radius 3 is 1.84 bits per heavy atom. The number of rotatable bonds is 3. The van der Waals surface area contributed by atoms with Gasteiger partial charge in [-0.25, -0.2) is 0 Å². The van der Waals surface area contributed by atoms with E-state index in [2.05, 4.69) is 105 Å². The number of benzene rings is 3. The van der Waals surface area contributed by atoms with Crippen molar-refractivity contribution in [3.63, 3.8) is 0 Å². The minimum Gasteiger partial charge on any atom is -0.399 e. The van der Waals surface area contributed by atoms with Gasteiger partial charge in [0.25, 0.3) is 0 Å². The van der Waals surface area contributed by atoms with Crippen LogP contribution >= 0.6 is 0 Å². The number of hydrogen-bond acceptors (Lipinski definition) is 3. The first-order valence-electron chi connectivity index (χ1n) is 10.7. The number of fused-ring (bicyclic) bond motifs is 1. The topological polar surface area (TPSA) is 31.4 Å². The highest BCUT2D eigenvalue weighted by molar-refractivity contribution is 6.62. The van der Waals surface area contributed by atoms with E-state index in [-0.39, 0.29) is 11.2 Å². The van der Waals surface area contributed by atoms with Crippen molar-refractivity contribution in [1.82, 2.24) is 4.98 Å². The molecule has 5 rings (SSSR count). The van der Waals surface area contributed by atoms with E-state index in [1.807, 2.05) is 12.3 Å². The Hall–Kier alpha value is -2.95. The van der Waals surface area contributed by atoms with Gasteiger partial charge in [-0.15, -0.1) is 0 Å². The molecule has 0 aliphatic carbocycles. The predicted molar refractivity (Wildman–Crippen MR) is 128 cm³/mol. The van der Waals surface area contributed by atoms with Crippen LogP contribution in [0.5, 0.6) is 0 Å². The zero-order chi connectivity index (χ0) is 21.6. The predicted octanol–water partition coefficient (Wildman–Crippen LogP) is 5.87. The van der Waals surface area contributed by atoms with Crippen molar-refractivity contribution >= 4 is 23.5 Å². The average Bonchev–Trinajstić information content (AvgIpc) is 3.00. The first-order chi connectivity index (χ1) is 14.8. The molecule has 0 radical (unpaired) electrons. The van der Waals surface area contributed by atoms with Crippen molar-refractivity contribution in [3.8, 4) is 22.3 Å². The normalized spacial score (nSPS) is 17.2. The molecule has 4 aromatic rings. The van der Waals surface area contributed by atoms with Crippen LogP contribution in [0, 0.1) is 0 Å². The minimum absolute atomic E-state index is 0.366. The summed E-state index contributed by atoms with van der Waals surface area (Å²) in [6, 6.07) is 27.7. The van der Waals surface area contributed by atoms with Gasteiger partial charge in [-0.1, -0.05) is 66.7 Å². The van der Waals surface area contributed by atoms with E-state index >= 15 is 0 Å². The molecule has 1 fully saturated rings. The fraction of sp³-hybridized carbons (Fsp3) is 0.222. The molecule has 31 heavy (non-hydrogen) atoms. The average molecular weight is 407 g/mol. The van der Waals surface area contributed by atoms with Crippen molar-refractivity contribution in [2.75, 3.05) is 0 Å². The van der Waals surface area contributed by atoms with Crippen LogP contribution < -0.4 is 5.46 Å². The van der Waals surface area contributed by atoms with E-state index in [1.54, 1.807) is 0 Å². The van der Waals surface area contributed by atoms with Crippen LogP contribution in [0.25, 0.3) is 33.2 Å². The van der Waals surface area contributed by atoms with Crippen molar-refractivity contribution in [1.29, 1.82) is 0 Å². The lowest BCUT2D eigenvalue weighted by molar-refractivity contribution is 0.00578. The third kappa shape index (κ3) is 3.67. The Bertz CT molecular complexity index is 1220. The maximum absolute atomic E-state index is 6.21. The quantitative estimate of drug-likeness (QED) is 0.398. The lowest BCUT2D eigenvalue weighted by Gasteiger charge is -2.32. The van der Waals surface area contributed by atoms with Gasteiger partial charge in [0, 0.05) is 17.0 Å². The monoisotopic (exact) mass is 407 g/mol. The number of nitrogens with zero attached hydrogens (tertiary/aromatic N) is 1. The van der Waals surface area contributed by atoms with Crippen LogP contribution in [-0.2, 0) is 9.31 Å². The van der Waals surface area contributed by atoms with Gasteiger partial charge < -0.3 is 9.31 Å². The van der Waals surface area contributed by atoms with Gasteiger partial charge in [-0.2, -0.15) is 0 Å². The summed E-state index contributed by atoms with van der Waals surface area (Å²) < 4.78 is 12.4. The van der Waals surface area contributed by atoms with Crippen LogP contribution in [0.3, 0.4) is 0 Å². The van der Waals surface area contributed by atoms with E-state index in [1.165, 1.54) is 22.3 Å². The summed E-state index contributed by atoms with van der Waals surface area (Å²) in [4.78, 5) is 4.65. The number of aromatic nitrogens is 1. The molecule has 3 aromatic carbocycles. The zero-order valence-corrected chi connectivity index (χ0v) is 18.4. The molecular formula is C27H26BNO2. The fourth-order valence-corrected chi connectivity index (χ4v) is 3.92. The van der Waals surface area contributed by atoms with Crippen molar-refractivity contribution in [2.45, 2.75) is 38.9 Å². The van der Waals surface area contributed by atoms with Crippen LogP contribution in [0.15, 0.2) is 85.1 Å². The lowest BCUT2D eigenvalue weighted by atomic mass is 9.79. The zero-order valence-electron chi connectivity index (χ0n) is 18.4. The highest BCUT2D eigenvalue weighted by Gasteiger charge is 2.51. The molecule has 0 amide bonds. The van der Waals surface area contributed by atoms with Gasteiger partial charge >= 0.3 is 7.12 Å². The molecule has 3 nitrogen and oxygen atoms in total. The van der Waals surface area contributed by atoms with Gasteiger partial charge in [0.2, 0.25) is 0 Å². The summed E-state index contributed by atoms with van der Waals surface area (Å²) in [7, 11) is -0.407. The molecule has 2 heterocycles. The molecule has 0 bridgehead atoms. The van der Waals surface area contributed by atoms with Crippen LogP contribution in [-0.4, -0.2) is 23.3 Å². The summed E-state index contributed by atoms with van der Waals surface area (Å²) in [5.74, 6) is 0. The molecule has 0 N–H and O–H groups in total. The van der Waals surface area contributed by atoms with E-state index in [0.717, 1.165) is 16.4 Å². The molecule has 1 aliphatic heterocycles. The summed E-state index contributed by atoms with van der Waals surface area (Å²) in [5.41, 5.74) is 5.97. The summed E-state index contributed by atoms with van der Waals surface area (Å²) >= 11 is 0. The van der Waals surface area contributed by atoms with Gasteiger partial charge in [-0.05, 0) is 62.1 Å². The van der Waals surface area contributed by atoms with Crippen molar-refractivity contribution in [3.05, 3.63) is 85.1 Å². The smallest absolute Gasteiger partial charge is 0.399 e. The highest BCUT2D eigenvalue weighted by Crippen LogP contribution is 2.36. The van der Waals surface area contributed by atoms with Gasteiger partial charge in [0.05, 0.1) is 16.7 Å². The van der Waals surface area contributed by atoms with Gasteiger partial charge in [0.1, 0.15) is 0 Å². The molecule has 0 saturated carbocycles. The third-order valence-electron chi connectivity index (χ3n) is 6.55. The standard InChI is InChI=1S/C27H26BNO2/c1-26(2)27(3,4)31-28(30-26)24-17-23-16-22(14-15-25(23)29-18-24)21-12-10-20(11-13-21)19-8-6-5-7-9-19/h5-18H,1-4H3. The number of hydrogen-bond donors (Lipinski definition) is 0. The molecule has 1 aliphatic rings. The van der Waals surface area contributed by atoms with E-state index in [0.29, 0.717) is 0 Å². The van der Waals surface area contributed by atoms with E-state index in [4.69, 9.17) is 9.31 Å². The maximum Gasteiger partial charge on any atom is 0.496 e. The number of pyridine rings is 1. The fourth-order valence-electron chi connectivity index (χ4n) is 3.92. The molecule has 1 saturated heterocycles. The maximum atomic E-state index is 6.21. The Balaban J connectivity index is 1.46. The Labute approximate surface area is 184 Å². The first-order valence-corrected chi connectivity index (χ1v) is 10.7. The van der Waals surface area contributed by atoms with Crippen molar-refractivity contribution < 1.29 is 9.31 Å². The van der Waals surface area contributed by atoms with Gasteiger partial charge in [-0.3, -0.25) is 4.98 Å². The minimum atomic E-state index is -0.407. The van der Waals surface area contributed by atoms with E-state index < -0.39 is 7.12 Å². The Morgan fingerprint density at radius 1 is 0.645 bits per heavy atom. The molecule has 0 unspecified atom stereocenters. The van der Waals surface area contributed by atoms with Crippen LogP contribution in [0.1, 0.15) is 27.7 Å². The van der Waals surface area contributed by atoms with Crippen molar-refractivity contribution in [2.24, 2.45) is 0 Å². The molecular weight excluding hydrogens is 381 g/mol. The summed E-state index contributed by atoms with van der Waals surface area (Å²) in [6.07, 6.45) is 1.86. The molecule has 1 aromatic heterocycles. The van der Waals surface area contributed by atoms with Crippen LogP contribution in [0.2, 0.25) is 0 Å². The van der Waals surface area contributed by atoms with E-state index in [9.17, 15) is 0 Å². The summed E-state index contributed by atoms with van der Waals surface area (Å²) in [5, 5.41) is 1.08. The second kappa shape index (κ2) is 7.33. The molecule has 0 spiro atoms. The molecule has 0 atom stereocenters. The second-order valence-corrected chi connectivity index (χ2v) is 9.21.